The van der Waals surface area contributed by atoms with Gasteiger partial charge in [-0.3, -0.25) is 9.97 Å². The molecule has 0 saturated heterocycles. The summed E-state index contributed by atoms with van der Waals surface area (Å²) in [7, 11) is 0. The normalized spacial score (nSPS) is 20.0. The van der Waals surface area contributed by atoms with Crippen LogP contribution in [0.15, 0.2) is 12.4 Å². The van der Waals surface area contributed by atoms with Crippen molar-refractivity contribution >= 4 is 0 Å². The monoisotopic (exact) mass is 316 g/mol. The molecule has 0 spiro atoms. The Morgan fingerprint density at radius 2 is 1.09 bits per heavy atom. The molecule has 0 aliphatic rings. The maximum atomic E-state index is 9.83. The zero-order valence-electron chi connectivity index (χ0n) is 12.6. The molecule has 0 amide bonds. The molecule has 22 heavy (non-hydrogen) atoms. The quantitative estimate of drug-likeness (QED) is 0.326. The van der Waals surface area contributed by atoms with Crippen molar-refractivity contribution < 1.29 is 30.6 Å². The minimum atomic E-state index is -1.27. The number of aromatic nitrogens is 2. The van der Waals surface area contributed by atoms with Crippen molar-refractivity contribution in [2.75, 3.05) is 13.2 Å². The molecule has 6 N–H and O–H groups in total. The Morgan fingerprint density at radius 1 is 0.773 bits per heavy atom. The van der Waals surface area contributed by atoms with Gasteiger partial charge >= 0.3 is 0 Å². The molecule has 1 heterocycles. The van der Waals surface area contributed by atoms with Crippen molar-refractivity contribution in [2.24, 2.45) is 0 Å². The zero-order valence-corrected chi connectivity index (χ0v) is 12.6. The van der Waals surface area contributed by atoms with Gasteiger partial charge in [-0.1, -0.05) is 13.8 Å². The lowest BCUT2D eigenvalue weighted by Crippen LogP contribution is -2.35. The highest BCUT2D eigenvalue weighted by atomic mass is 16.4. The maximum absolute atomic E-state index is 9.83. The highest BCUT2D eigenvalue weighted by Gasteiger charge is 2.27. The van der Waals surface area contributed by atoms with Gasteiger partial charge in [0.1, 0.15) is 12.2 Å². The van der Waals surface area contributed by atoms with Crippen LogP contribution < -0.4 is 0 Å². The highest BCUT2D eigenvalue weighted by molar-refractivity contribution is 5.12. The van der Waals surface area contributed by atoms with Crippen LogP contribution >= 0.6 is 0 Å². The van der Waals surface area contributed by atoms with Crippen molar-refractivity contribution in [2.45, 2.75) is 50.1 Å². The van der Waals surface area contributed by atoms with Gasteiger partial charge in [0.2, 0.25) is 0 Å². The van der Waals surface area contributed by atoms with Crippen LogP contribution in [-0.4, -0.2) is 78.2 Å². The zero-order chi connectivity index (χ0) is 16.9. The molecule has 0 aliphatic carbocycles. The number of nitrogens with zero attached hydrogens (tertiary/aromatic N) is 2. The molecule has 1 aromatic heterocycles. The molecule has 8 heteroatoms. The molecule has 0 bridgehead atoms. The van der Waals surface area contributed by atoms with Crippen LogP contribution in [0.25, 0.3) is 0 Å². The smallest absolute Gasteiger partial charge is 0.104 e. The minimum Gasteiger partial charge on any atom is -0.394 e. The second kappa shape index (κ2) is 8.47. The van der Waals surface area contributed by atoms with E-state index in [1.165, 1.54) is 12.4 Å². The topological polar surface area (TPSA) is 147 Å². The van der Waals surface area contributed by atoms with Crippen LogP contribution in [0.3, 0.4) is 0 Å². The fraction of sp³-hybridized carbons (Fsp3) is 0.714. The first kappa shape index (κ1) is 18.9. The molecule has 126 valence electrons. The summed E-state index contributed by atoms with van der Waals surface area (Å²) in [6, 6.07) is 0. The number of hydrogen-bond acceptors (Lipinski definition) is 8. The third-order valence-corrected chi connectivity index (χ3v) is 3.81. The molecular weight excluding hydrogens is 292 g/mol. The second-order valence-corrected chi connectivity index (χ2v) is 5.42. The number of hydrogen-bond donors (Lipinski definition) is 6. The van der Waals surface area contributed by atoms with Crippen LogP contribution in [0.2, 0.25) is 0 Å². The number of aliphatic hydroxyl groups excluding tert-OH is 6. The fourth-order valence-corrected chi connectivity index (χ4v) is 2.05. The van der Waals surface area contributed by atoms with E-state index >= 15 is 0 Å². The minimum absolute atomic E-state index is 0.424. The second-order valence-electron chi connectivity index (χ2n) is 5.42. The molecule has 0 fully saturated rings. The van der Waals surface area contributed by atoms with Gasteiger partial charge in [0, 0.05) is 24.2 Å². The van der Waals surface area contributed by atoms with Crippen LogP contribution in [0.1, 0.15) is 37.1 Å². The van der Waals surface area contributed by atoms with Crippen molar-refractivity contribution in [3.05, 3.63) is 23.8 Å². The Hall–Kier alpha value is -1.16. The largest absolute Gasteiger partial charge is 0.394 e. The third-order valence-electron chi connectivity index (χ3n) is 3.81. The molecule has 1 aromatic rings. The Labute approximate surface area is 128 Å². The summed E-state index contributed by atoms with van der Waals surface area (Å²) in [5.41, 5.74) is 0.848. The van der Waals surface area contributed by atoms with Crippen LogP contribution in [0.5, 0.6) is 0 Å². The van der Waals surface area contributed by atoms with Crippen LogP contribution in [-0.2, 0) is 0 Å². The van der Waals surface area contributed by atoms with Gasteiger partial charge in [-0.15, -0.1) is 0 Å². The molecule has 1 rings (SSSR count). The van der Waals surface area contributed by atoms with Gasteiger partial charge in [0.05, 0.1) is 36.8 Å². The summed E-state index contributed by atoms with van der Waals surface area (Å²) in [6.07, 6.45) is -2.08. The van der Waals surface area contributed by atoms with E-state index < -0.39 is 49.5 Å². The van der Waals surface area contributed by atoms with Gasteiger partial charge in [0.15, 0.2) is 0 Å². The maximum Gasteiger partial charge on any atom is 0.104 e. The van der Waals surface area contributed by atoms with E-state index in [-0.39, 0.29) is 0 Å². The van der Waals surface area contributed by atoms with Gasteiger partial charge in [0.25, 0.3) is 0 Å². The van der Waals surface area contributed by atoms with E-state index in [1.807, 2.05) is 0 Å². The summed E-state index contributed by atoms with van der Waals surface area (Å²) in [5, 5.41) is 56.2. The molecule has 0 radical (unpaired) electrons. The van der Waals surface area contributed by atoms with E-state index in [2.05, 4.69) is 9.97 Å². The first-order chi connectivity index (χ1) is 10.3. The highest BCUT2D eigenvalue weighted by Crippen LogP contribution is 2.22. The van der Waals surface area contributed by atoms with Gasteiger partial charge in [-0.05, 0) is 0 Å². The standard InChI is InChI=1S/C14H24N2O6/c1-7(13(21)11(19)5-17)9-3-16-10(4-15-9)8(2)14(22)12(20)6-18/h3-4,7-8,11-14,17-22H,5-6H2,1-2H3. The predicted molar refractivity (Wildman–Crippen MR) is 77.1 cm³/mol. The lowest BCUT2D eigenvalue weighted by atomic mass is 9.95. The van der Waals surface area contributed by atoms with Crippen LogP contribution in [0, 0.1) is 0 Å². The molecule has 0 aliphatic heterocycles. The van der Waals surface area contributed by atoms with Crippen molar-refractivity contribution in [1.82, 2.24) is 9.97 Å². The third kappa shape index (κ3) is 4.42. The van der Waals surface area contributed by atoms with Gasteiger partial charge < -0.3 is 30.6 Å². The molecule has 6 unspecified atom stereocenters. The summed E-state index contributed by atoms with van der Waals surface area (Å²) < 4.78 is 0. The molecule has 6 atom stereocenters. The Morgan fingerprint density at radius 3 is 1.32 bits per heavy atom. The van der Waals surface area contributed by atoms with Crippen LogP contribution in [0.4, 0.5) is 0 Å². The van der Waals surface area contributed by atoms with Crippen molar-refractivity contribution in [3.8, 4) is 0 Å². The van der Waals surface area contributed by atoms with Crippen molar-refractivity contribution in [1.29, 1.82) is 0 Å². The van der Waals surface area contributed by atoms with E-state index in [9.17, 15) is 20.4 Å². The van der Waals surface area contributed by atoms with Crippen molar-refractivity contribution in [3.63, 3.8) is 0 Å². The Kier molecular flexibility index (Phi) is 7.27. The van der Waals surface area contributed by atoms with E-state index in [4.69, 9.17) is 10.2 Å². The van der Waals surface area contributed by atoms with Gasteiger partial charge in [-0.25, -0.2) is 0 Å². The fourth-order valence-electron chi connectivity index (χ4n) is 2.05. The average molecular weight is 316 g/mol. The lowest BCUT2D eigenvalue weighted by Gasteiger charge is -2.24. The Bertz CT molecular complexity index is 402. The summed E-state index contributed by atoms with van der Waals surface area (Å²) in [5.74, 6) is -1.07. The molecule has 8 nitrogen and oxygen atoms in total. The van der Waals surface area contributed by atoms with E-state index in [0.29, 0.717) is 11.4 Å². The van der Waals surface area contributed by atoms with E-state index in [0.717, 1.165) is 0 Å². The molecule has 0 aromatic carbocycles. The molecular formula is C14H24N2O6. The summed E-state index contributed by atoms with van der Waals surface area (Å²) in [4.78, 5) is 8.27. The average Bonchev–Trinajstić information content (AvgIpc) is 2.57. The lowest BCUT2D eigenvalue weighted by molar-refractivity contribution is -0.0258. The van der Waals surface area contributed by atoms with Gasteiger partial charge in [-0.2, -0.15) is 0 Å². The number of rotatable bonds is 8. The SMILES string of the molecule is CC(c1cnc(C(C)C(O)C(O)CO)cn1)C(O)C(O)CO. The first-order valence-corrected chi connectivity index (χ1v) is 7.09. The molecule has 0 saturated carbocycles. The van der Waals surface area contributed by atoms with E-state index in [1.54, 1.807) is 13.8 Å². The predicted octanol–water partition coefficient (Wildman–Crippen LogP) is -1.89. The summed E-state index contributed by atoms with van der Waals surface area (Å²) >= 11 is 0. The Balaban J connectivity index is 2.82. The summed E-state index contributed by atoms with van der Waals surface area (Å²) in [6.45, 7) is 2.17. The number of aliphatic hydroxyl groups is 6. The first-order valence-electron chi connectivity index (χ1n) is 7.09.